The van der Waals surface area contributed by atoms with Crippen molar-refractivity contribution in [1.29, 1.82) is 0 Å². The molecule has 1 aliphatic rings. The average molecular weight is 242 g/mol. The van der Waals surface area contributed by atoms with Crippen LogP contribution < -0.4 is 5.32 Å². The maximum Gasteiger partial charge on any atom is 0.317 e. The lowest BCUT2D eigenvalue weighted by Gasteiger charge is -2.31. The van der Waals surface area contributed by atoms with Crippen molar-refractivity contribution in [2.45, 2.75) is 39.5 Å². The Hall–Kier alpha value is -0.770. The van der Waals surface area contributed by atoms with Gasteiger partial charge in [-0.25, -0.2) is 4.79 Å². The quantitative estimate of drug-likeness (QED) is 0.723. The summed E-state index contributed by atoms with van der Waals surface area (Å²) in [5.74, 6) is 0.964. The summed E-state index contributed by atoms with van der Waals surface area (Å²) in [5.41, 5.74) is 0. The lowest BCUT2D eigenvalue weighted by molar-refractivity contribution is 0.129. The summed E-state index contributed by atoms with van der Waals surface area (Å²) in [6, 6.07) is 0.0342. The third-order valence-corrected chi connectivity index (χ3v) is 3.30. The summed E-state index contributed by atoms with van der Waals surface area (Å²) in [7, 11) is 0. The molecule has 2 amide bonds. The SMILES string of the molecule is CC(C)CCCNC(=O)N1CCCC(CO)C1. The van der Waals surface area contributed by atoms with E-state index in [4.69, 9.17) is 5.11 Å². The van der Waals surface area contributed by atoms with Crippen LogP contribution in [-0.2, 0) is 0 Å². The number of aliphatic hydroxyl groups excluding tert-OH is 1. The van der Waals surface area contributed by atoms with E-state index in [9.17, 15) is 4.79 Å². The molecule has 1 atom stereocenters. The van der Waals surface area contributed by atoms with Crippen molar-refractivity contribution in [2.24, 2.45) is 11.8 Å². The molecule has 0 aromatic rings. The van der Waals surface area contributed by atoms with Crippen molar-refractivity contribution >= 4 is 6.03 Å². The van der Waals surface area contributed by atoms with E-state index in [0.717, 1.165) is 38.8 Å². The molecule has 0 aliphatic carbocycles. The Morgan fingerprint density at radius 2 is 2.29 bits per heavy atom. The highest BCUT2D eigenvalue weighted by atomic mass is 16.3. The van der Waals surface area contributed by atoms with Crippen LogP contribution >= 0.6 is 0 Å². The molecule has 4 heteroatoms. The summed E-state index contributed by atoms with van der Waals surface area (Å²) in [6.45, 7) is 6.87. The van der Waals surface area contributed by atoms with E-state index in [1.807, 2.05) is 4.90 Å². The number of carbonyl (C=O) groups is 1. The molecule has 0 spiro atoms. The number of carbonyl (C=O) groups excluding carboxylic acids is 1. The highest BCUT2D eigenvalue weighted by molar-refractivity contribution is 5.74. The molecule has 1 saturated heterocycles. The number of nitrogens with zero attached hydrogens (tertiary/aromatic N) is 1. The van der Waals surface area contributed by atoms with Crippen LogP contribution in [0.2, 0.25) is 0 Å². The lowest BCUT2D eigenvalue weighted by atomic mass is 9.99. The van der Waals surface area contributed by atoms with E-state index < -0.39 is 0 Å². The number of likely N-dealkylation sites (tertiary alicyclic amines) is 1. The molecule has 0 aromatic carbocycles. The van der Waals surface area contributed by atoms with Gasteiger partial charge in [0.2, 0.25) is 0 Å². The van der Waals surface area contributed by atoms with Crippen LogP contribution in [0.3, 0.4) is 0 Å². The number of hydrogen-bond acceptors (Lipinski definition) is 2. The molecule has 0 saturated carbocycles. The van der Waals surface area contributed by atoms with Crippen molar-refractivity contribution < 1.29 is 9.90 Å². The fourth-order valence-corrected chi connectivity index (χ4v) is 2.22. The Morgan fingerprint density at radius 3 is 2.94 bits per heavy atom. The molecule has 0 radical (unpaired) electrons. The molecule has 0 aromatic heterocycles. The van der Waals surface area contributed by atoms with Crippen LogP contribution in [0.15, 0.2) is 0 Å². The zero-order valence-corrected chi connectivity index (χ0v) is 11.1. The fraction of sp³-hybridized carbons (Fsp3) is 0.923. The van der Waals surface area contributed by atoms with Crippen LogP contribution in [0.5, 0.6) is 0 Å². The first-order chi connectivity index (χ1) is 8.13. The van der Waals surface area contributed by atoms with Crippen molar-refractivity contribution in [3.05, 3.63) is 0 Å². The number of piperidine rings is 1. The highest BCUT2D eigenvalue weighted by Crippen LogP contribution is 2.15. The van der Waals surface area contributed by atoms with E-state index in [2.05, 4.69) is 19.2 Å². The van der Waals surface area contributed by atoms with Gasteiger partial charge in [0.05, 0.1) is 0 Å². The zero-order chi connectivity index (χ0) is 12.7. The third kappa shape index (κ3) is 5.39. The molecule has 0 bridgehead atoms. The highest BCUT2D eigenvalue weighted by Gasteiger charge is 2.22. The van der Waals surface area contributed by atoms with Crippen LogP contribution in [0.4, 0.5) is 4.79 Å². The van der Waals surface area contributed by atoms with E-state index in [1.165, 1.54) is 0 Å². The Morgan fingerprint density at radius 1 is 1.53 bits per heavy atom. The number of urea groups is 1. The van der Waals surface area contributed by atoms with Gasteiger partial charge in [-0.2, -0.15) is 0 Å². The van der Waals surface area contributed by atoms with Gasteiger partial charge in [0, 0.05) is 26.2 Å². The van der Waals surface area contributed by atoms with Crippen molar-refractivity contribution in [1.82, 2.24) is 10.2 Å². The Kier molecular flexibility index (Phi) is 6.34. The van der Waals surface area contributed by atoms with Crippen molar-refractivity contribution in [3.63, 3.8) is 0 Å². The topological polar surface area (TPSA) is 52.6 Å². The fourth-order valence-electron chi connectivity index (χ4n) is 2.22. The summed E-state index contributed by atoms with van der Waals surface area (Å²) in [4.78, 5) is 13.7. The maximum atomic E-state index is 11.8. The third-order valence-electron chi connectivity index (χ3n) is 3.30. The predicted molar refractivity (Wildman–Crippen MR) is 68.9 cm³/mol. The zero-order valence-electron chi connectivity index (χ0n) is 11.1. The van der Waals surface area contributed by atoms with Gasteiger partial charge >= 0.3 is 6.03 Å². The molecule has 100 valence electrons. The normalized spacial score (nSPS) is 20.7. The van der Waals surface area contributed by atoms with Gasteiger partial charge in [-0.15, -0.1) is 0 Å². The monoisotopic (exact) mass is 242 g/mol. The number of aliphatic hydroxyl groups is 1. The predicted octanol–water partition coefficient (Wildman–Crippen LogP) is 1.84. The largest absolute Gasteiger partial charge is 0.396 e. The molecule has 17 heavy (non-hydrogen) atoms. The van der Waals surface area contributed by atoms with Gasteiger partial charge in [0.25, 0.3) is 0 Å². The minimum atomic E-state index is 0.0342. The molecule has 1 aliphatic heterocycles. The number of hydrogen-bond donors (Lipinski definition) is 2. The summed E-state index contributed by atoms with van der Waals surface area (Å²) in [5, 5.41) is 12.1. The smallest absolute Gasteiger partial charge is 0.317 e. The summed E-state index contributed by atoms with van der Waals surface area (Å²) < 4.78 is 0. The Bertz CT molecular complexity index is 231. The van der Waals surface area contributed by atoms with Gasteiger partial charge in [0.1, 0.15) is 0 Å². The second-order valence-corrected chi connectivity index (χ2v) is 5.40. The molecular weight excluding hydrogens is 216 g/mol. The molecule has 4 nitrogen and oxygen atoms in total. The van der Waals surface area contributed by atoms with Crippen LogP contribution in [0.1, 0.15) is 39.5 Å². The first-order valence-electron chi connectivity index (χ1n) is 6.77. The number of rotatable bonds is 5. The molecule has 1 unspecified atom stereocenters. The minimum Gasteiger partial charge on any atom is -0.396 e. The maximum absolute atomic E-state index is 11.8. The minimum absolute atomic E-state index is 0.0342. The molecule has 2 N–H and O–H groups in total. The van der Waals surface area contributed by atoms with Gasteiger partial charge < -0.3 is 15.3 Å². The molecule has 1 rings (SSSR count). The van der Waals surface area contributed by atoms with Crippen LogP contribution in [-0.4, -0.2) is 42.3 Å². The second-order valence-electron chi connectivity index (χ2n) is 5.40. The summed E-state index contributed by atoms with van der Waals surface area (Å²) >= 11 is 0. The van der Waals surface area contributed by atoms with Crippen LogP contribution in [0, 0.1) is 11.8 Å². The van der Waals surface area contributed by atoms with Gasteiger partial charge in [-0.05, 0) is 37.5 Å². The first-order valence-corrected chi connectivity index (χ1v) is 6.77. The van der Waals surface area contributed by atoms with E-state index >= 15 is 0 Å². The Balaban J connectivity index is 2.18. The average Bonchev–Trinajstić information content (AvgIpc) is 2.34. The van der Waals surface area contributed by atoms with Crippen molar-refractivity contribution in [3.8, 4) is 0 Å². The van der Waals surface area contributed by atoms with Gasteiger partial charge in [-0.3, -0.25) is 0 Å². The second kappa shape index (κ2) is 7.54. The van der Waals surface area contributed by atoms with Gasteiger partial charge in [0.15, 0.2) is 0 Å². The standard InChI is InChI=1S/C13H26N2O2/c1-11(2)5-3-7-14-13(17)15-8-4-6-12(9-15)10-16/h11-12,16H,3-10H2,1-2H3,(H,14,17). The van der Waals surface area contributed by atoms with E-state index in [1.54, 1.807) is 0 Å². The number of nitrogens with one attached hydrogen (secondary N) is 1. The number of amides is 2. The molecular formula is C13H26N2O2. The van der Waals surface area contributed by atoms with Gasteiger partial charge in [-0.1, -0.05) is 13.8 Å². The van der Waals surface area contributed by atoms with E-state index in [-0.39, 0.29) is 18.6 Å². The van der Waals surface area contributed by atoms with Crippen LogP contribution in [0.25, 0.3) is 0 Å². The first kappa shape index (κ1) is 14.3. The lowest BCUT2D eigenvalue weighted by Crippen LogP contribution is -2.46. The molecule has 1 fully saturated rings. The van der Waals surface area contributed by atoms with Crippen molar-refractivity contribution in [2.75, 3.05) is 26.2 Å². The summed E-state index contributed by atoms with van der Waals surface area (Å²) in [6.07, 6.45) is 4.23. The molecule has 1 heterocycles. The van der Waals surface area contributed by atoms with E-state index in [0.29, 0.717) is 12.5 Å². The Labute approximate surface area is 104 Å².